The van der Waals surface area contributed by atoms with Crippen molar-refractivity contribution in [2.45, 2.75) is 13.2 Å². The van der Waals surface area contributed by atoms with E-state index in [1.807, 2.05) is 18.2 Å². The molecule has 3 aromatic rings. The number of halogens is 2. The minimum absolute atomic E-state index is 0.166. The van der Waals surface area contributed by atoms with Crippen LogP contribution >= 0.6 is 15.9 Å². The Kier molecular flexibility index (Phi) is 4.90. The van der Waals surface area contributed by atoms with E-state index < -0.39 is 0 Å². The maximum atomic E-state index is 12.9. The second kappa shape index (κ2) is 7.26. The number of anilines is 1. The number of hydrogen-bond acceptors (Lipinski definition) is 6. The van der Waals surface area contributed by atoms with Crippen LogP contribution in [0.15, 0.2) is 46.9 Å². The predicted molar refractivity (Wildman–Crippen MR) is 90.2 cm³/mol. The van der Waals surface area contributed by atoms with Gasteiger partial charge < -0.3 is 15.9 Å². The number of ether oxygens (including phenoxy) is 1. The molecule has 1 heterocycles. The van der Waals surface area contributed by atoms with Gasteiger partial charge in [0.15, 0.2) is 0 Å². The Morgan fingerprint density at radius 2 is 2.00 bits per heavy atom. The number of tetrazole rings is 1. The van der Waals surface area contributed by atoms with Crippen LogP contribution in [0, 0.1) is 5.82 Å². The molecule has 0 atom stereocenters. The van der Waals surface area contributed by atoms with Crippen LogP contribution in [0.1, 0.15) is 11.1 Å². The highest BCUT2D eigenvalue weighted by atomic mass is 79.9. The zero-order chi connectivity index (χ0) is 16.9. The van der Waals surface area contributed by atoms with E-state index in [-0.39, 0.29) is 11.8 Å². The van der Waals surface area contributed by atoms with Gasteiger partial charge >= 0.3 is 0 Å². The molecule has 0 unspecified atom stereocenters. The second-order valence-electron chi connectivity index (χ2n) is 4.95. The number of rotatable bonds is 6. The van der Waals surface area contributed by atoms with Crippen LogP contribution in [0.3, 0.4) is 0 Å². The first-order valence-corrected chi connectivity index (χ1v) is 7.84. The van der Waals surface area contributed by atoms with E-state index in [0.29, 0.717) is 18.9 Å². The Morgan fingerprint density at radius 3 is 2.71 bits per heavy atom. The molecule has 0 aliphatic carbocycles. The molecular weight excluding hydrogens is 379 g/mol. The monoisotopic (exact) mass is 392 g/mol. The molecule has 2 aromatic carbocycles. The molecule has 3 rings (SSSR count). The van der Waals surface area contributed by atoms with E-state index in [4.69, 9.17) is 10.5 Å². The lowest BCUT2D eigenvalue weighted by molar-refractivity contribution is 0.303. The van der Waals surface area contributed by atoms with Crippen LogP contribution in [-0.2, 0) is 13.2 Å². The van der Waals surface area contributed by atoms with Crippen molar-refractivity contribution in [3.05, 3.63) is 63.9 Å². The van der Waals surface area contributed by atoms with Gasteiger partial charge in [0.1, 0.15) is 18.2 Å². The number of benzene rings is 2. The maximum Gasteiger partial charge on any atom is 0.260 e. The molecule has 9 heteroatoms. The van der Waals surface area contributed by atoms with Gasteiger partial charge in [-0.25, -0.2) is 4.39 Å². The highest BCUT2D eigenvalue weighted by Crippen LogP contribution is 2.24. The molecule has 7 nitrogen and oxygen atoms in total. The van der Waals surface area contributed by atoms with Gasteiger partial charge in [-0.05, 0) is 46.3 Å². The summed E-state index contributed by atoms with van der Waals surface area (Å²) in [6.45, 7) is 0.745. The summed E-state index contributed by atoms with van der Waals surface area (Å²) in [7, 11) is 0. The molecule has 0 fully saturated rings. The third-order valence-corrected chi connectivity index (χ3v) is 3.74. The Labute approximate surface area is 145 Å². The number of hydrogen-bond donors (Lipinski definition) is 2. The average molecular weight is 393 g/mol. The number of nitrogens with two attached hydrogens (primary N) is 1. The summed E-state index contributed by atoms with van der Waals surface area (Å²) in [4.78, 5) is 1.28. The van der Waals surface area contributed by atoms with Gasteiger partial charge in [-0.15, -0.1) is 4.79 Å². The lowest BCUT2D eigenvalue weighted by Crippen LogP contribution is -2.18. The van der Waals surface area contributed by atoms with E-state index in [1.165, 1.54) is 16.9 Å². The van der Waals surface area contributed by atoms with E-state index in [0.717, 1.165) is 15.6 Å². The van der Waals surface area contributed by atoms with Crippen LogP contribution in [0.2, 0.25) is 0 Å². The minimum atomic E-state index is -0.272. The third-order valence-electron chi connectivity index (χ3n) is 3.24. The second-order valence-corrected chi connectivity index (χ2v) is 5.87. The summed E-state index contributed by atoms with van der Waals surface area (Å²) in [5.74, 6) is 0.590. The number of nitrogen functional groups attached to an aromatic ring is 1. The van der Waals surface area contributed by atoms with Crippen molar-refractivity contribution in [2.24, 2.45) is 0 Å². The first-order valence-electron chi connectivity index (χ1n) is 7.05. The van der Waals surface area contributed by atoms with Crippen LogP contribution in [0.25, 0.3) is 0 Å². The molecule has 0 bridgehead atoms. The fraction of sp³-hybridized carbons (Fsp3) is 0.133. The molecule has 24 heavy (non-hydrogen) atoms. The molecule has 3 N–H and O–H groups in total. The van der Waals surface area contributed by atoms with Gasteiger partial charge in [-0.3, -0.25) is 0 Å². The van der Waals surface area contributed by atoms with E-state index >= 15 is 0 Å². The summed E-state index contributed by atoms with van der Waals surface area (Å²) in [6, 6.07) is 11.9. The largest absolute Gasteiger partial charge is 0.489 e. The van der Waals surface area contributed by atoms with Crippen molar-refractivity contribution in [1.82, 2.24) is 20.3 Å². The molecule has 0 saturated carbocycles. The summed E-state index contributed by atoms with van der Waals surface area (Å²) < 4.78 is 19.7. The van der Waals surface area contributed by atoms with Crippen LogP contribution in [0.5, 0.6) is 5.75 Å². The molecule has 1 aromatic heterocycles. The van der Waals surface area contributed by atoms with Crippen LogP contribution in [-0.4, -0.2) is 20.3 Å². The Morgan fingerprint density at radius 1 is 1.21 bits per heavy atom. The van der Waals surface area contributed by atoms with Crippen molar-refractivity contribution in [2.75, 3.05) is 11.2 Å². The molecule has 0 saturated heterocycles. The van der Waals surface area contributed by atoms with Crippen molar-refractivity contribution in [3.8, 4) is 5.75 Å². The van der Waals surface area contributed by atoms with E-state index in [1.54, 1.807) is 12.1 Å². The molecule has 124 valence electrons. The minimum Gasteiger partial charge on any atom is -0.489 e. The number of nitrogens with zero attached hydrogens (tertiary/aromatic N) is 4. The summed E-state index contributed by atoms with van der Waals surface area (Å²) >= 11 is 3.44. The first-order chi connectivity index (χ1) is 11.6. The van der Waals surface area contributed by atoms with Crippen molar-refractivity contribution >= 4 is 21.9 Å². The molecule has 0 aliphatic heterocycles. The van der Waals surface area contributed by atoms with Crippen LogP contribution in [0.4, 0.5) is 10.3 Å². The molecule has 0 spiro atoms. The zero-order valence-electron chi connectivity index (χ0n) is 12.5. The average Bonchev–Trinajstić information content (AvgIpc) is 2.98. The lowest BCUT2D eigenvalue weighted by Gasteiger charge is -2.13. The molecule has 0 aliphatic rings. The summed E-state index contributed by atoms with van der Waals surface area (Å²) in [5, 5.41) is 10.8. The van der Waals surface area contributed by atoms with E-state index in [2.05, 4.69) is 36.9 Å². The summed E-state index contributed by atoms with van der Waals surface area (Å²) in [5.41, 5.74) is 10.4. The van der Waals surface area contributed by atoms with Gasteiger partial charge in [-0.2, -0.15) is 0 Å². The molecule has 0 radical (unpaired) electrons. The molecule has 0 amide bonds. The van der Waals surface area contributed by atoms with Gasteiger partial charge in [0, 0.05) is 10.0 Å². The first kappa shape index (κ1) is 16.2. The van der Waals surface area contributed by atoms with Gasteiger partial charge in [-0.1, -0.05) is 33.2 Å². The van der Waals surface area contributed by atoms with Crippen molar-refractivity contribution in [1.29, 1.82) is 0 Å². The van der Waals surface area contributed by atoms with Gasteiger partial charge in [0.05, 0.1) is 6.54 Å². The van der Waals surface area contributed by atoms with Crippen LogP contribution < -0.4 is 15.9 Å². The lowest BCUT2D eigenvalue weighted by atomic mass is 10.2. The standard InChI is InChI=1S/C15H14BrFN6O/c16-12-3-6-14(24-9-10-1-4-13(17)5-2-10)11(7-12)8-19-23-15(18)20-21-22-23/h1-7,19H,8-9H2,(H2,18,20,22). The van der Waals surface area contributed by atoms with Gasteiger partial charge in [0.2, 0.25) is 0 Å². The molecular formula is C15H14BrFN6O. The fourth-order valence-corrected chi connectivity index (χ4v) is 2.44. The SMILES string of the molecule is Nc1nnnn1NCc1cc(Br)ccc1OCc1ccc(F)cc1. The fourth-order valence-electron chi connectivity index (χ4n) is 2.04. The highest BCUT2D eigenvalue weighted by Gasteiger charge is 2.07. The van der Waals surface area contributed by atoms with Crippen molar-refractivity contribution in [3.63, 3.8) is 0 Å². The quantitative estimate of drug-likeness (QED) is 0.669. The Bertz CT molecular complexity index is 823. The normalized spacial score (nSPS) is 10.6. The predicted octanol–water partition coefficient (Wildman–Crippen LogP) is 2.48. The Balaban J connectivity index is 1.70. The zero-order valence-corrected chi connectivity index (χ0v) is 14.1. The maximum absolute atomic E-state index is 12.9. The smallest absolute Gasteiger partial charge is 0.260 e. The number of nitrogens with one attached hydrogen (secondary N) is 1. The Hall–Kier alpha value is -2.68. The summed E-state index contributed by atoms with van der Waals surface area (Å²) in [6.07, 6.45) is 0. The van der Waals surface area contributed by atoms with Crippen molar-refractivity contribution < 1.29 is 9.13 Å². The third kappa shape index (κ3) is 3.99. The number of aromatic nitrogens is 4. The topological polar surface area (TPSA) is 90.9 Å². The van der Waals surface area contributed by atoms with Gasteiger partial charge in [0.25, 0.3) is 5.95 Å². The highest BCUT2D eigenvalue weighted by molar-refractivity contribution is 9.10. The van der Waals surface area contributed by atoms with E-state index in [9.17, 15) is 4.39 Å².